The van der Waals surface area contributed by atoms with E-state index in [0.29, 0.717) is 6.42 Å². The molecule has 9 nitrogen and oxygen atoms in total. The van der Waals surface area contributed by atoms with Crippen LogP contribution in [0.25, 0.3) is 0 Å². The van der Waals surface area contributed by atoms with E-state index in [1.807, 2.05) is 44.2 Å². The first kappa shape index (κ1) is 25.1. The number of ether oxygens (including phenoxy) is 1. The van der Waals surface area contributed by atoms with Crippen molar-refractivity contribution in [2.24, 2.45) is 5.92 Å². The maximum Gasteiger partial charge on any atom is 0.408 e. The van der Waals surface area contributed by atoms with E-state index in [0.717, 1.165) is 5.56 Å². The predicted octanol–water partition coefficient (Wildman–Crippen LogP) is 0.900. The third kappa shape index (κ3) is 9.04. The van der Waals surface area contributed by atoms with E-state index in [1.165, 1.54) is 0 Å². The molecule has 1 rings (SSSR count). The second-order valence-electron chi connectivity index (χ2n) is 7.20. The van der Waals surface area contributed by atoms with Gasteiger partial charge in [-0.3, -0.25) is 14.4 Å². The van der Waals surface area contributed by atoms with E-state index in [4.69, 9.17) is 9.84 Å². The van der Waals surface area contributed by atoms with Crippen LogP contribution in [0.15, 0.2) is 30.3 Å². The number of nitrogens with one attached hydrogen (secondary N) is 3. The number of Topliss-reactive ketones (excluding diaryl/α,β-unsaturated/α-hetero) is 1. The Labute approximate surface area is 176 Å². The zero-order valence-corrected chi connectivity index (χ0v) is 17.6. The number of aliphatic hydroxyl groups excluding tert-OH is 1. The fourth-order valence-electron chi connectivity index (χ4n) is 2.65. The van der Waals surface area contributed by atoms with Crippen LogP contribution in [-0.4, -0.2) is 54.0 Å². The molecule has 0 saturated heterocycles. The molecule has 0 fully saturated rings. The van der Waals surface area contributed by atoms with Crippen LogP contribution in [0.5, 0.6) is 0 Å². The minimum absolute atomic E-state index is 0.0558. The molecule has 0 bridgehead atoms. The number of hydrogen-bond acceptors (Lipinski definition) is 6. The molecule has 0 aliphatic carbocycles. The van der Waals surface area contributed by atoms with Crippen LogP contribution in [0.1, 0.15) is 39.2 Å². The monoisotopic (exact) mass is 421 g/mol. The molecule has 9 heteroatoms. The summed E-state index contributed by atoms with van der Waals surface area (Å²) in [7, 11) is 0. The molecule has 0 radical (unpaired) electrons. The molecular weight excluding hydrogens is 390 g/mol. The van der Waals surface area contributed by atoms with E-state index in [1.54, 1.807) is 6.92 Å². The maximum atomic E-state index is 12.7. The van der Waals surface area contributed by atoms with Crippen molar-refractivity contribution in [3.63, 3.8) is 0 Å². The molecule has 4 N–H and O–H groups in total. The second-order valence-corrected chi connectivity index (χ2v) is 7.20. The Kier molecular flexibility index (Phi) is 11.1. The van der Waals surface area contributed by atoms with Gasteiger partial charge in [-0.15, -0.1) is 0 Å². The molecule has 0 heterocycles. The molecular formula is C21H31N3O6. The van der Waals surface area contributed by atoms with Crippen LogP contribution < -0.4 is 16.0 Å². The number of alkyl carbamates (subject to hydrolysis) is 1. The van der Waals surface area contributed by atoms with Crippen LogP contribution in [0.3, 0.4) is 0 Å². The van der Waals surface area contributed by atoms with Crippen LogP contribution in [0, 0.1) is 5.92 Å². The number of ketones is 1. The van der Waals surface area contributed by atoms with Crippen LogP contribution >= 0.6 is 0 Å². The van der Waals surface area contributed by atoms with Crippen molar-refractivity contribution in [3.8, 4) is 0 Å². The summed E-state index contributed by atoms with van der Waals surface area (Å²) in [6.07, 6.45) is -0.225. The van der Waals surface area contributed by atoms with Gasteiger partial charge in [-0.2, -0.15) is 0 Å². The van der Waals surface area contributed by atoms with Crippen molar-refractivity contribution >= 4 is 23.7 Å². The first-order chi connectivity index (χ1) is 14.3. The number of hydrogen-bond donors (Lipinski definition) is 4. The Morgan fingerprint density at radius 2 is 1.70 bits per heavy atom. The first-order valence-corrected chi connectivity index (χ1v) is 9.98. The van der Waals surface area contributed by atoms with Crippen molar-refractivity contribution in [1.29, 1.82) is 0 Å². The van der Waals surface area contributed by atoms with Crippen LogP contribution in [0.2, 0.25) is 0 Å². The molecule has 0 aliphatic heterocycles. The average Bonchev–Trinajstić information content (AvgIpc) is 2.73. The highest BCUT2D eigenvalue weighted by molar-refractivity contribution is 6.38. The number of carbonyl (C=O) groups is 4. The van der Waals surface area contributed by atoms with E-state index in [9.17, 15) is 19.2 Å². The van der Waals surface area contributed by atoms with Gasteiger partial charge in [0.05, 0.1) is 12.6 Å². The lowest BCUT2D eigenvalue weighted by Gasteiger charge is -2.23. The SMILES string of the molecule is CC[C@H](NC(=O)[C@H](CC(C)C)NC(=O)OCc1ccccc1)C(=O)C(=O)NCCO. The summed E-state index contributed by atoms with van der Waals surface area (Å²) in [5.41, 5.74) is 0.808. The molecule has 1 aromatic rings. The number of amides is 3. The number of aliphatic hydroxyl groups is 1. The highest BCUT2D eigenvalue weighted by atomic mass is 16.5. The smallest absolute Gasteiger partial charge is 0.408 e. The minimum atomic E-state index is -1.03. The Morgan fingerprint density at radius 3 is 2.27 bits per heavy atom. The topological polar surface area (TPSA) is 134 Å². The number of rotatable bonds is 12. The van der Waals surface area contributed by atoms with Gasteiger partial charge in [0.25, 0.3) is 5.91 Å². The summed E-state index contributed by atoms with van der Waals surface area (Å²) < 4.78 is 5.17. The molecule has 0 aliphatic rings. The quantitative estimate of drug-likeness (QED) is 0.371. The number of carbonyl (C=O) groups excluding carboxylic acids is 4. The Morgan fingerprint density at radius 1 is 1.03 bits per heavy atom. The lowest BCUT2D eigenvalue weighted by atomic mass is 10.0. The summed E-state index contributed by atoms with van der Waals surface area (Å²) in [4.78, 5) is 48.9. The zero-order chi connectivity index (χ0) is 22.5. The van der Waals surface area contributed by atoms with E-state index < -0.39 is 35.8 Å². The standard InChI is InChI=1S/C21H31N3O6/c1-4-16(18(26)20(28)22-10-11-25)23-19(27)17(12-14(2)3)24-21(29)30-13-15-8-6-5-7-9-15/h5-9,14,16-17,25H,4,10-13H2,1-3H3,(H,22,28)(H,23,27)(H,24,29)/t16-,17-/m0/s1. The van der Waals surface area contributed by atoms with Gasteiger partial charge in [0.2, 0.25) is 11.7 Å². The summed E-state index contributed by atoms with van der Waals surface area (Å²) in [5, 5.41) is 16.1. The Hall–Kier alpha value is -2.94. The van der Waals surface area contributed by atoms with Crippen molar-refractivity contribution in [3.05, 3.63) is 35.9 Å². The molecule has 0 spiro atoms. The predicted molar refractivity (Wildman–Crippen MR) is 110 cm³/mol. The molecule has 0 aromatic heterocycles. The van der Waals surface area contributed by atoms with Gasteiger partial charge in [-0.25, -0.2) is 4.79 Å². The van der Waals surface area contributed by atoms with E-state index >= 15 is 0 Å². The average molecular weight is 421 g/mol. The zero-order valence-electron chi connectivity index (χ0n) is 17.6. The summed E-state index contributed by atoms with van der Waals surface area (Å²) >= 11 is 0. The molecule has 0 unspecified atom stereocenters. The third-order valence-electron chi connectivity index (χ3n) is 4.19. The second kappa shape index (κ2) is 13.3. The third-order valence-corrected chi connectivity index (χ3v) is 4.19. The normalized spacial score (nSPS) is 12.6. The molecule has 30 heavy (non-hydrogen) atoms. The first-order valence-electron chi connectivity index (χ1n) is 9.98. The van der Waals surface area contributed by atoms with Gasteiger partial charge in [0.15, 0.2) is 0 Å². The van der Waals surface area contributed by atoms with E-state index in [-0.39, 0.29) is 32.1 Å². The largest absolute Gasteiger partial charge is 0.445 e. The van der Waals surface area contributed by atoms with Crippen LogP contribution in [0.4, 0.5) is 4.79 Å². The van der Waals surface area contributed by atoms with Crippen LogP contribution in [-0.2, 0) is 25.7 Å². The highest BCUT2D eigenvalue weighted by Gasteiger charge is 2.29. The molecule has 1 aromatic carbocycles. The summed E-state index contributed by atoms with van der Waals surface area (Å²) in [5.74, 6) is -2.18. The molecule has 0 saturated carbocycles. The van der Waals surface area contributed by atoms with Crippen molar-refractivity contribution in [1.82, 2.24) is 16.0 Å². The van der Waals surface area contributed by atoms with Gasteiger partial charge in [-0.1, -0.05) is 51.1 Å². The number of benzene rings is 1. The van der Waals surface area contributed by atoms with Crippen molar-refractivity contribution in [2.75, 3.05) is 13.2 Å². The van der Waals surface area contributed by atoms with Gasteiger partial charge in [0, 0.05) is 6.54 Å². The Balaban J connectivity index is 2.70. The molecule has 2 atom stereocenters. The minimum Gasteiger partial charge on any atom is -0.445 e. The highest BCUT2D eigenvalue weighted by Crippen LogP contribution is 2.08. The van der Waals surface area contributed by atoms with Crippen molar-refractivity contribution in [2.45, 2.75) is 52.3 Å². The lowest BCUT2D eigenvalue weighted by molar-refractivity contribution is -0.140. The fraction of sp³-hybridized carbons (Fsp3) is 0.524. The van der Waals surface area contributed by atoms with Gasteiger partial charge >= 0.3 is 6.09 Å². The molecule has 3 amide bonds. The van der Waals surface area contributed by atoms with Gasteiger partial charge in [-0.05, 0) is 24.3 Å². The summed E-state index contributed by atoms with van der Waals surface area (Å²) in [6, 6.07) is 7.16. The lowest BCUT2D eigenvalue weighted by Crippen LogP contribution is -2.54. The van der Waals surface area contributed by atoms with Crippen molar-refractivity contribution < 1.29 is 29.0 Å². The summed E-state index contributed by atoms with van der Waals surface area (Å²) in [6.45, 7) is 5.14. The fourth-order valence-corrected chi connectivity index (χ4v) is 2.65. The Bertz CT molecular complexity index is 708. The molecule has 166 valence electrons. The maximum absolute atomic E-state index is 12.7. The van der Waals surface area contributed by atoms with Gasteiger partial charge < -0.3 is 25.8 Å². The van der Waals surface area contributed by atoms with E-state index in [2.05, 4.69) is 16.0 Å². The van der Waals surface area contributed by atoms with Gasteiger partial charge in [0.1, 0.15) is 12.6 Å².